The molecule has 0 aliphatic carbocycles. The molecule has 0 aliphatic rings. The number of benzene rings is 1. The highest BCUT2D eigenvalue weighted by Gasteiger charge is 2.25. The molecule has 0 fully saturated rings. The van der Waals surface area contributed by atoms with Crippen molar-refractivity contribution >= 4 is 30.5 Å². The van der Waals surface area contributed by atoms with E-state index >= 15 is 0 Å². The third kappa shape index (κ3) is 7.19. The van der Waals surface area contributed by atoms with Gasteiger partial charge in [-0.1, -0.05) is 30.3 Å². The highest BCUT2D eigenvalue weighted by atomic mass is 32.1. The van der Waals surface area contributed by atoms with Crippen LogP contribution in [0.2, 0.25) is 0 Å². The van der Waals surface area contributed by atoms with Gasteiger partial charge in [0, 0.05) is 11.3 Å². The standard InChI is InChI=1S/C16H21NO5S/c1-16(2,3)22-15(20)17-12(10-23)14(19)21-9-13(18)11-7-5-4-6-8-11/h4-8,12,23H,9-10H2,1-3H3,(H,17,20)/t12-/m0/s1. The van der Waals surface area contributed by atoms with Crippen LogP contribution in [-0.4, -0.2) is 41.8 Å². The van der Waals surface area contributed by atoms with Gasteiger partial charge in [-0.25, -0.2) is 9.59 Å². The van der Waals surface area contributed by atoms with E-state index < -0.39 is 30.3 Å². The second-order valence-corrected chi connectivity index (χ2v) is 6.14. The number of ketones is 1. The summed E-state index contributed by atoms with van der Waals surface area (Å²) in [4.78, 5) is 35.4. The Labute approximate surface area is 140 Å². The van der Waals surface area contributed by atoms with Crippen molar-refractivity contribution in [3.63, 3.8) is 0 Å². The molecule has 1 N–H and O–H groups in total. The summed E-state index contributed by atoms with van der Waals surface area (Å²) in [7, 11) is 0. The molecule has 7 heteroatoms. The van der Waals surface area contributed by atoms with Gasteiger partial charge in [-0.05, 0) is 20.8 Å². The fraction of sp³-hybridized carbons (Fsp3) is 0.438. The van der Waals surface area contributed by atoms with Gasteiger partial charge in [-0.2, -0.15) is 12.6 Å². The summed E-state index contributed by atoms with van der Waals surface area (Å²) < 4.78 is 9.99. The Kier molecular flexibility index (Phi) is 7.09. The molecular formula is C16H21NO5S. The first-order chi connectivity index (χ1) is 10.7. The molecule has 0 radical (unpaired) electrons. The van der Waals surface area contributed by atoms with E-state index in [1.54, 1.807) is 51.1 Å². The smallest absolute Gasteiger partial charge is 0.408 e. The number of carbonyl (C=O) groups excluding carboxylic acids is 3. The minimum atomic E-state index is -0.989. The van der Waals surface area contributed by atoms with Crippen LogP contribution in [0.3, 0.4) is 0 Å². The van der Waals surface area contributed by atoms with Crippen LogP contribution in [0.4, 0.5) is 4.79 Å². The minimum Gasteiger partial charge on any atom is -0.456 e. The number of esters is 1. The van der Waals surface area contributed by atoms with E-state index in [1.807, 2.05) is 0 Å². The molecule has 1 atom stereocenters. The van der Waals surface area contributed by atoms with E-state index in [0.29, 0.717) is 5.56 Å². The lowest BCUT2D eigenvalue weighted by atomic mass is 10.1. The van der Waals surface area contributed by atoms with Gasteiger partial charge in [0.15, 0.2) is 12.4 Å². The first kappa shape index (κ1) is 19.0. The maximum atomic E-state index is 11.9. The first-order valence-corrected chi connectivity index (χ1v) is 7.71. The van der Waals surface area contributed by atoms with Crippen LogP contribution < -0.4 is 5.32 Å². The summed E-state index contributed by atoms with van der Waals surface area (Å²) in [5.74, 6) is -1.04. The second kappa shape index (κ2) is 8.57. The molecule has 0 saturated heterocycles. The molecular weight excluding hydrogens is 318 g/mol. The van der Waals surface area contributed by atoms with Gasteiger partial charge in [0.25, 0.3) is 0 Å². The molecule has 6 nitrogen and oxygen atoms in total. The monoisotopic (exact) mass is 339 g/mol. The van der Waals surface area contributed by atoms with E-state index in [4.69, 9.17) is 9.47 Å². The van der Waals surface area contributed by atoms with Crippen LogP contribution in [0.15, 0.2) is 30.3 Å². The van der Waals surface area contributed by atoms with E-state index in [-0.39, 0.29) is 11.5 Å². The van der Waals surface area contributed by atoms with Crippen molar-refractivity contribution in [2.24, 2.45) is 0 Å². The Morgan fingerprint density at radius 1 is 1.17 bits per heavy atom. The van der Waals surface area contributed by atoms with Gasteiger partial charge in [-0.15, -0.1) is 0 Å². The fourth-order valence-electron chi connectivity index (χ4n) is 1.57. The molecule has 23 heavy (non-hydrogen) atoms. The predicted molar refractivity (Wildman–Crippen MR) is 88.7 cm³/mol. The largest absolute Gasteiger partial charge is 0.456 e. The average Bonchev–Trinajstić information content (AvgIpc) is 2.49. The molecule has 0 bridgehead atoms. The Hall–Kier alpha value is -2.02. The van der Waals surface area contributed by atoms with Gasteiger partial charge in [0.1, 0.15) is 11.6 Å². The molecule has 1 rings (SSSR count). The van der Waals surface area contributed by atoms with Crippen molar-refractivity contribution in [1.29, 1.82) is 0 Å². The number of rotatable bonds is 6. The Bertz CT molecular complexity index is 553. The lowest BCUT2D eigenvalue weighted by Crippen LogP contribution is -2.45. The number of nitrogens with one attached hydrogen (secondary N) is 1. The van der Waals surface area contributed by atoms with Crippen LogP contribution >= 0.6 is 12.6 Å². The zero-order valence-corrected chi connectivity index (χ0v) is 14.3. The average molecular weight is 339 g/mol. The number of thiol groups is 1. The van der Waals surface area contributed by atoms with Gasteiger partial charge in [-0.3, -0.25) is 4.79 Å². The number of carbonyl (C=O) groups is 3. The third-order valence-corrected chi connectivity index (χ3v) is 2.96. The predicted octanol–water partition coefficient (Wildman–Crippen LogP) is 2.24. The quantitative estimate of drug-likeness (QED) is 0.472. The Balaban J connectivity index is 2.51. The van der Waals surface area contributed by atoms with Crippen LogP contribution in [-0.2, 0) is 14.3 Å². The van der Waals surface area contributed by atoms with E-state index in [0.717, 1.165) is 0 Å². The summed E-state index contributed by atoms with van der Waals surface area (Å²) in [5, 5.41) is 2.36. The van der Waals surface area contributed by atoms with Crippen molar-refractivity contribution in [3.05, 3.63) is 35.9 Å². The van der Waals surface area contributed by atoms with Crippen molar-refractivity contribution in [2.75, 3.05) is 12.4 Å². The zero-order valence-electron chi connectivity index (χ0n) is 13.4. The minimum absolute atomic E-state index is 0.0254. The SMILES string of the molecule is CC(C)(C)OC(=O)N[C@@H](CS)C(=O)OCC(=O)c1ccccc1. The molecule has 1 aromatic rings. The molecule has 0 unspecified atom stereocenters. The second-order valence-electron chi connectivity index (χ2n) is 5.78. The van der Waals surface area contributed by atoms with Crippen molar-refractivity contribution in [1.82, 2.24) is 5.32 Å². The van der Waals surface area contributed by atoms with Crippen LogP contribution in [0, 0.1) is 0 Å². The summed E-state index contributed by atoms with van der Waals surface area (Å²) in [6, 6.07) is 7.49. The lowest BCUT2D eigenvalue weighted by Gasteiger charge is -2.22. The van der Waals surface area contributed by atoms with Crippen molar-refractivity contribution < 1.29 is 23.9 Å². The number of Topliss-reactive ketones (excluding diaryl/α,β-unsaturated/α-hetero) is 1. The highest BCUT2D eigenvalue weighted by Crippen LogP contribution is 2.07. The lowest BCUT2D eigenvalue weighted by molar-refractivity contribution is -0.144. The molecule has 0 aliphatic heterocycles. The molecule has 1 aromatic carbocycles. The van der Waals surface area contributed by atoms with Gasteiger partial charge in [0.2, 0.25) is 0 Å². The summed E-state index contributed by atoms with van der Waals surface area (Å²) in [6.45, 7) is 4.72. The maximum absolute atomic E-state index is 11.9. The molecule has 126 valence electrons. The van der Waals surface area contributed by atoms with Crippen molar-refractivity contribution in [3.8, 4) is 0 Å². The van der Waals surface area contributed by atoms with Gasteiger partial charge >= 0.3 is 12.1 Å². The number of hydrogen-bond acceptors (Lipinski definition) is 6. The number of amides is 1. The first-order valence-electron chi connectivity index (χ1n) is 7.08. The van der Waals surface area contributed by atoms with Crippen molar-refractivity contribution in [2.45, 2.75) is 32.4 Å². The maximum Gasteiger partial charge on any atom is 0.408 e. The molecule has 0 saturated carbocycles. The van der Waals surface area contributed by atoms with Crippen LogP contribution in [0.25, 0.3) is 0 Å². The van der Waals surface area contributed by atoms with Crippen LogP contribution in [0.1, 0.15) is 31.1 Å². The van der Waals surface area contributed by atoms with Crippen LogP contribution in [0.5, 0.6) is 0 Å². The van der Waals surface area contributed by atoms with E-state index in [1.165, 1.54) is 0 Å². The highest BCUT2D eigenvalue weighted by molar-refractivity contribution is 7.80. The van der Waals surface area contributed by atoms with E-state index in [2.05, 4.69) is 17.9 Å². The Morgan fingerprint density at radius 3 is 2.30 bits per heavy atom. The number of alkyl carbamates (subject to hydrolysis) is 1. The fourth-order valence-corrected chi connectivity index (χ4v) is 1.81. The molecule has 0 heterocycles. The topological polar surface area (TPSA) is 81.7 Å². The van der Waals surface area contributed by atoms with Gasteiger partial charge in [0.05, 0.1) is 0 Å². The Morgan fingerprint density at radius 2 is 1.78 bits per heavy atom. The summed E-state index contributed by atoms with van der Waals surface area (Å²) in [5.41, 5.74) is -0.235. The summed E-state index contributed by atoms with van der Waals surface area (Å²) >= 11 is 4.00. The number of hydrogen-bond donors (Lipinski definition) is 2. The molecule has 0 spiro atoms. The third-order valence-electron chi connectivity index (χ3n) is 2.60. The number of ether oxygens (including phenoxy) is 2. The molecule has 1 amide bonds. The summed E-state index contributed by atoms with van der Waals surface area (Å²) in [6.07, 6.45) is -0.747. The zero-order chi connectivity index (χ0) is 17.5. The normalized spacial score (nSPS) is 12.2. The molecule has 0 aromatic heterocycles. The van der Waals surface area contributed by atoms with E-state index in [9.17, 15) is 14.4 Å². The van der Waals surface area contributed by atoms with Gasteiger partial charge < -0.3 is 14.8 Å².